The van der Waals surface area contributed by atoms with E-state index in [0.717, 1.165) is 12.3 Å². The molecule has 0 bridgehead atoms. The first-order valence-corrected chi connectivity index (χ1v) is 4.59. The average molecular weight is 173 g/mol. The Bertz CT molecular complexity index is 122. The maximum Gasteiger partial charge on any atom is 0.171 e. The second-order valence-corrected chi connectivity index (χ2v) is 3.52. The molecule has 1 unspecified atom stereocenters. The third kappa shape index (κ3) is 3.09. The highest BCUT2D eigenvalue weighted by molar-refractivity contribution is 4.76. The van der Waals surface area contributed by atoms with Crippen molar-refractivity contribution >= 4 is 0 Å². The first-order valence-electron chi connectivity index (χ1n) is 4.59. The molecule has 72 valence electrons. The molecular weight excluding hydrogens is 154 g/mol. The van der Waals surface area contributed by atoms with Gasteiger partial charge in [0.15, 0.2) is 6.29 Å². The van der Waals surface area contributed by atoms with Crippen LogP contribution in [0.2, 0.25) is 0 Å². The normalized spacial score (nSPS) is 20.0. The topological polar surface area (TPSA) is 44.5 Å². The largest absolute Gasteiger partial charge is 0.354 e. The third-order valence-electron chi connectivity index (χ3n) is 2.42. The molecule has 1 aliphatic carbocycles. The molecule has 0 aliphatic heterocycles. The summed E-state index contributed by atoms with van der Waals surface area (Å²) in [7, 11) is 3.26. The van der Waals surface area contributed by atoms with Gasteiger partial charge in [-0.1, -0.05) is 12.8 Å². The first kappa shape index (κ1) is 9.96. The van der Waals surface area contributed by atoms with Gasteiger partial charge in [-0.3, -0.25) is 0 Å². The summed E-state index contributed by atoms with van der Waals surface area (Å²) in [5, 5.41) is 0. The zero-order valence-corrected chi connectivity index (χ0v) is 7.95. The van der Waals surface area contributed by atoms with Gasteiger partial charge in [-0.05, 0) is 18.8 Å². The van der Waals surface area contributed by atoms with Gasteiger partial charge >= 0.3 is 0 Å². The van der Waals surface area contributed by atoms with Gasteiger partial charge in [0.2, 0.25) is 0 Å². The lowest BCUT2D eigenvalue weighted by Crippen LogP contribution is -2.37. The Morgan fingerprint density at radius 3 is 2.33 bits per heavy atom. The predicted molar refractivity (Wildman–Crippen MR) is 47.7 cm³/mol. The first-order chi connectivity index (χ1) is 5.77. The molecule has 1 aliphatic rings. The van der Waals surface area contributed by atoms with E-state index in [4.69, 9.17) is 15.2 Å². The molecule has 1 atom stereocenters. The lowest BCUT2D eigenvalue weighted by Gasteiger charge is -2.20. The standard InChI is InChI=1S/C9H19NO2/c1-11-9(12-2)8(10)6-5-7-3-4-7/h7-9H,3-6,10H2,1-2H3. The molecule has 0 heterocycles. The average Bonchev–Trinajstić information content (AvgIpc) is 2.86. The molecule has 0 aromatic rings. The van der Waals surface area contributed by atoms with E-state index in [9.17, 15) is 0 Å². The molecule has 1 fully saturated rings. The van der Waals surface area contributed by atoms with E-state index in [1.54, 1.807) is 14.2 Å². The maximum atomic E-state index is 5.87. The number of rotatable bonds is 6. The van der Waals surface area contributed by atoms with Crippen LogP contribution in [-0.2, 0) is 9.47 Å². The van der Waals surface area contributed by atoms with Gasteiger partial charge in [-0.15, -0.1) is 0 Å². The lowest BCUT2D eigenvalue weighted by atomic mass is 10.1. The van der Waals surface area contributed by atoms with E-state index >= 15 is 0 Å². The number of ether oxygens (including phenoxy) is 2. The molecule has 2 N–H and O–H groups in total. The maximum absolute atomic E-state index is 5.87. The van der Waals surface area contributed by atoms with Crippen molar-refractivity contribution in [1.29, 1.82) is 0 Å². The number of hydrogen-bond donors (Lipinski definition) is 1. The molecule has 0 spiro atoms. The minimum Gasteiger partial charge on any atom is -0.354 e. The van der Waals surface area contributed by atoms with E-state index in [0.29, 0.717) is 0 Å². The SMILES string of the molecule is COC(OC)C(N)CCC1CC1. The molecule has 1 saturated carbocycles. The summed E-state index contributed by atoms with van der Waals surface area (Å²) in [6.45, 7) is 0. The third-order valence-corrected chi connectivity index (χ3v) is 2.42. The number of nitrogens with two attached hydrogens (primary N) is 1. The van der Waals surface area contributed by atoms with Crippen LogP contribution in [0.3, 0.4) is 0 Å². The van der Waals surface area contributed by atoms with Gasteiger partial charge in [0.05, 0.1) is 6.04 Å². The van der Waals surface area contributed by atoms with Crippen molar-refractivity contribution in [3.8, 4) is 0 Å². The van der Waals surface area contributed by atoms with Crippen LogP contribution in [0.1, 0.15) is 25.7 Å². The summed E-state index contributed by atoms with van der Waals surface area (Å²) in [4.78, 5) is 0. The van der Waals surface area contributed by atoms with E-state index < -0.39 is 0 Å². The molecule has 3 heteroatoms. The van der Waals surface area contributed by atoms with Gasteiger partial charge in [0.25, 0.3) is 0 Å². The Kier molecular flexibility index (Phi) is 3.98. The van der Waals surface area contributed by atoms with E-state index in [1.165, 1.54) is 19.3 Å². The van der Waals surface area contributed by atoms with Crippen LogP contribution in [0.15, 0.2) is 0 Å². The van der Waals surface area contributed by atoms with Gasteiger partial charge in [0.1, 0.15) is 0 Å². The van der Waals surface area contributed by atoms with Crippen LogP contribution in [0.5, 0.6) is 0 Å². The highest BCUT2D eigenvalue weighted by Crippen LogP contribution is 2.33. The number of hydrogen-bond acceptors (Lipinski definition) is 3. The summed E-state index contributed by atoms with van der Waals surface area (Å²) in [6.07, 6.45) is 4.78. The minimum absolute atomic E-state index is 0.0283. The second-order valence-electron chi connectivity index (χ2n) is 3.52. The van der Waals surface area contributed by atoms with Crippen molar-refractivity contribution in [3.05, 3.63) is 0 Å². The lowest BCUT2D eigenvalue weighted by molar-refractivity contribution is -0.117. The quantitative estimate of drug-likeness (QED) is 0.612. The van der Waals surface area contributed by atoms with Gasteiger partial charge in [-0.2, -0.15) is 0 Å². The Morgan fingerprint density at radius 2 is 1.92 bits per heavy atom. The van der Waals surface area contributed by atoms with Crippen LogP contribution in [0, 0.1) is 5.92 Å². The van der Waals surface area contributed by atoms with Crippen LogP contribution in [0.4, 0.5) is 0 Å². The predicted octanol–water partition coefficient (Wildman–Crippen LogP) is 1.12. The van der Waals surface area contributed by atoms with Crippen molar-refractivity contribution in [1.82, 2.24) is 0 Å². The summed E-state index contributed by atoms with van der Waals surface area (Å²) in [5.41, 5.74) is 5.87. The van der Waals surface area contributed by atoms with Crippen LogP contribution >= 0.6 is 0 Å². The van der Waals surface area contributed by atoms with Crippen molar-refractivity contribution in [2.24, 2.45) is 11.7 Å². The van der Waals surface area contributed by atoms with Crippen molar-refractivity contribution in [2.75, 3.05) is 14.2 Å². The Hall–Kier alpha value is -0.120. The Labute approximate surface area is 74.2 Å². The molecular formula is C9H19NO2. The zero-order chi connectivity index (χ0) is 8.97. The van der Waals surface area contributed by atoms with E-state index in [1.807, 2.05) is 0 Å². The molecule has 0 aromatic heterocycles. The number of methoxy groups -OCH3 is 2. The molecule has 0 saturated heterocycles. The highest BCUT2D eigenvalue weighted by Gasteiger charge is 2.24. The highest BCUT2D eigenvalue weighted by atomic mass is 16.7. The fraction of sp³-hybridized carbons (Fsp3) is 1.00. The van der Waals surface area contributed by atoms with Crippen molar-refractivity contribution in [2.45, 2.75) is 38.0 Å². The zero-order valence-electron chi connectivity index (χ0n) is 7.95. The summed E-state index contributed by atoms with van der Waals surface area (Å²) in [6, 6.07) is 0.0283. The Balaban J connectivity index is 2.10. The smallest absolute Gasteiger partial charge is 0.171 e. The monoisotopic (exact) mass is 173 g/mol. The van der Waals surface area contributed by atoms with E-state index in [2.05, 4.69) is 0 Å². The van der Waals surface area contributed by atoms with Crippen molar-refractivity contribution in [3.63, 3.8) is 0 Å². The van der Waals surface area contributed by atoms with Crippen LogP contribution < -0.4 is 5.73 Å². The van der Waals surface area contributed by atoms with Gasteiger partial charge in [0, 0.05) is 14.2 Å². The summed E-state index contributed by atoms with van der Waals surface area (Å²) >= 11 is 0. The molecule has 0 radical (unpaired) electrons. The van der Waals surface area contributed by atoms with E-state index in [-0.39, 0.29) is 12.3 Å². The molecule has 0 amide bonds. The van der Waals surface area contributed by atoms with Crippen molar-refractivity contribution < 1.29 is 9.47 Å². The van der Waals surface area contributed by atoms with Gasteiger partial charge in [-0.25, -0.2) is 0 Å². The summed E-state index contributed by atoms with van der Waals surface area (Å²) in [5.74, 6) is 0.936. The molecule has 1 rings (SSSR count). The molecule has 0 aromatic carbocycles. The van der Waals surface area contributed by atoms with Crippen LogP contribution in [0.25, 0.3) is 0 Å². The fourth-order valence-electron chi connectivity index (χ4n) is 1.42. The Morgan fingerprint density at radius 1 is 1.33 bits per heavy atom. The minimum atomic E-state index is -0.233. The molecule has 12 heavy (non-hydrogen) atoms. The fourth-order valence-corrected chi connectivity index (χ4v) is 1.42. The second kappa shape index (κ2) is 4.80. The van der Waals surface area contributed by atoms with Crippen LogP contribution in [-0.4, -0.2) is 26.6 Å². The van der Waals surface area contributed by atoms with Gasteiger partial charge < -0.3 is 15.2 Å². The molecule has 3 nitrogen and oxygen atoms in total. The summed E-state index contributed by atoms with van der Waals surface area (Å²) < 4.78 is 10.1.